The van der Waals surface area contributed by atoms with E-state index in [0.717, 1.165) is 18.7 Å². The normalized spacial score (nSPS) is 23.0. The standard InChI is InChI=1S/C17H20N4O3/c1-10-18-16(24-19-10)15-8-13(22)9-21(15)17(23)12-4-3-11-5-6-20(2)14(11)7-12/h3-4,7,13,15,22H,5-6,8-9H2,1-2H3/t13-,15+/m0/s1. The maximum Gasteiger partial charge on any atom is 0.254 e. The monoisotopic (exact) mass is 328 g/mol. The molecule has 126 valence electrons. The molecule has 1 fully saturated rings. The minimum absolute atomic E-state index is 0.115. The molecule has 2 aliphatic rings. The molecule has 7 heteroatoms. The zero-order valence-electron chi connectivity index (χ0n) is 13.8. The molecule has 3 heterocycles. The number of likely N-dealkylation sites (tertiary alicyclic amines) is 1. The number of carbonyl (C=O) groups is 1. The quantitative estimate of drug-likeness (QED) is 0.895. The first kappa shape index (κ1) is 15.1. The van der Waals surface area contributed by atoms with Crippen molar-refractivity contribution in [2.75, 3.05) is 25.0 Å². The zero-order chi connectivity index (χ0) is 16.8. The summed E-state index contributed by atoms with van der Waals surface area (Å²) in [6.45, 7) is 2.98. The van der Waals surface area contributed by atoms with E-state index in [9.17, 15) is 9.90 Å². The van der Waals surface area contributed by atoms with Gasteiger partial charge in [-0.05, 0) is 31.0 Å². The average Bonchev–Trinajstić information content (AvgIpc) is 3.26. The molecule has 0 aliphatic carbocycles. The van der Waals surface area contributed by atoms with Crippen LogP contribution in [0.5, 0.6) is 0 Å². The van der Waals surface area contributed by atoms with Crippen molar-refractivity contribution < 1.29 is 14.4 Å². The van der Waals surface area contributed by atoms with Crippen molar-refractivity contribution in [2.24, 2.45) is 0 Å². The largest absolute Gasteiger partial charge is 0.391 e. The third kappa shape index (κ3) is 2.45. The molecule has 2 aliphatic heterocycles. The fraction of sp³-hybridized carbons (Fsp3) is 0.471. The molecule has 1 aromatic carbocycles. The van der Waals surface area contributed by atoms with Gasteiger partial charge >= 0.3 is 0 Å². The molecule has 2 aromatic rings. The molecule has 24 heavy (non-hydrogen) atoms. The van der Waals surface area contributed by atoms with Crippen molar-refractivity contribution in [3.05, 3.63) is 41.0 Å². The molecule has 1 saturated heterocycles. The Labute approximate surface area is 139 Å². The SMILES string of the molecule is Cc1noc([C@H]2C[C@H](O)CN2C(=O)c2ccc3c(c2)N(C)CC3)n1. The Morgan fingerprint density at radius 3 is 3.00 bits per heavy atom. The first-order valence-corrected chi connectivity index (χ1v) is 8.16. The van der Waals surface area contributed by atoms with Gasteiger partial charge in [-0.2, -0.15) is 4.98 Å². The summed E-state index contributed by atoms with van der Waals surface area (Å²) in [5.41, 5.74) is 2.99. The van der Waals surface area contributed by atoms with Gasteiger partial charge in [0.05, 0.1) is 6.10 Å². The molecule has 2 atom stereocenters. The van der Waals surface area contributed by atoms with Crippen LogP contribution < -0.4 is 4.90 Å². The van der Waals surface area contributed by atoms with E-state index in [-0.39, 0.29) is 18.5 Å². The Bertz CT molecular complexity index is 788. The lowest BCUT2D eigenvalue weighted by atomic mass is 10.1. The topological polar surface area (TPSA) is 82.7 Å². The van der Waals surface area contributed by atoms with Crippen molar-refractivity contribution in [1.82, 2.24) is 15.0 Å². The first-order chi connectivity index (χ1) is 11.5. The summed E-state index contributed by atoms with van der Waals surface area (Å²) in [6.07, 6.45) is 0.841. The summed E-state index contributed by atoms with van der Waals surface area (Å²) < 4.78 is 5.23. The van der Waals surface area contributed by atoms with Gasteiger partial charge in [0.15, 0.2) is 5.82 Å². The minimum atomic E-state index is -0.580. The van der Waals surface area contributed by atoms with Crippen LogP contribution in [-0.4, -0.2) is 52.3 Å². The van der Waals surface area contributed by atoms with Crippen LogP contribution in [0, 0.1) is 6.92 Å². The molecule has 0 radical (unpaired) electrons. The third-order valence-corrected chi connectivity index (χ3v) is 4.83. The molecule has 4 rings (SSSR count). The number of hydrogen-bond acceptors (Lipinski definition) is 6. The highest BCUT2D eigenvalue weighted by Gasteiger charge is 2.39. The second-order valence-corrected chi connectivity index (χ2v) is 6.56. The van der Waals surface area contributed by atoms with Crippen LogP contribution in [0.1, 0.15) is 40.1 Å². The average molecular weight is 328 g/mol. The number of hydrogen-bond donors (Lipinski definition) is 1. The summed E-state index contributed by atoms with van der Waals surface area (Å²) >= 11 is 0. The van der Waals surface area contributed by atoms with Crippen LogP contribution in [0.3, 0.4) is 0 Å². The van der Waals surface area contributed by atoms with Gasteiger partial charge in [-0.3, -0.25) is 4.79 Å². The van der Waals surface area contributed by atoms with E-state index in [2.05, 4.69) is 15.0 Å². The molecular weight excluding hydrogens is 308 g/mol. The van der Waals surface area contributed by atoms with Crippen molar-refractivity contribution in [2.45, 2.75) is 31.9 Å². The van der Waals surface area contributed by atoms with Crippen LogP contribution in [0.15, 0.2) is 22.7 Å². The number of aliphatic hydroxyl groups excluding tert-OH is 1. The van der Waals surface area contributed by atoms with Gasteiger partial charge < -0.3 is 19.4 Å². The predicted molar refractivity (Wildman–Crippen MR) is 86.9 cm³/mol. The number of fused-ring (bicyclic) bond motifs is 1. The van der Waals surface area contributed by atoms with Gasteiger partial charge in [0, 0.05) is 37.8 Å². The van der Waals surface area contributed by atoms with Gasteiger partial charge in [0.1, 0.15) is 6.04 Å². The number of anilines is 1. The highest BCUT2D eigenvalue weighted by atomic mass is 16.5. The van der Waals surface area contributed by atoms with Gasteiger partial charge in [-0.25, -0.2) is 0 Å². The number of likely N-dealkylation sites (N-methyl/N-ethyl adjacent to an activating group) is 1. The number of benzene rings is 1. The summed E-state index contributed by atoms with van der Waals surface area (Å²) in [6, 6.07) is 5.44. The number of aryl methyl sites for hydroxylation is 1. The molecular formula is C17H20N4O3. The smallest absolute Gasteiger partial charge is 0.254 e. The number of rotatable bonds is 2. The van der Waals surface area contributed by atoms with E-state index < -0.39 is 6.10 Å². The highest BCUT2D eigenvalue weighted by Crippen LogP contribution is 2.34. The molecule has 0 bridgehead atoms. The van der Waals surface area contributed by atoms with Crippen LogP contribution >= 0.6 is 0 Å². The maximum absolute atomic E-state index is 13.0. The minimum Gasteiger partial charge on any atom is -0.391 e. The van der Waals surface area contributed by atoms with Crippen molar-refractivity contribution in [3.8, 4) is 0 Å². The highest BCUT2D eigenvalue weighted by molar-refractivity contribution is 5.96. The van der Waals surface area contributed by atoms with Gasteiger partial charge in [0.2, 0.25) is 5.89 Å². The Balaban J connectivity index is 1.64. The lowest BCUT2D eigenvalue weighted by molar-refractivity contribution is 0.0693. The first-order valence-electron chi connectivity index (χ1n) is 8.16. The third-order valence-electron chi connectivity index (χ3n) is 4.83. The Morgan fingerprint density at radius 2 is 2.25 bits per heavy atom. The number of carbonyl (C=O) groups excluding carboxylic acids is 1. The van der Waals surface area contributed by atoms with Crippen LogP contribution in [0.2, 0.25) is 0 Å². The van der Waals surface area contributed by atoms with Crippen molar-refractivity contribution in [3.63, 3.8) is 0 Å². The molecule has 0 unspecified atom stereocenters. The van der Waals surface area contributed by atoms with E-state index in [1.807, 2.05) is 25.2 Å². The van der Waals surface area contributed by atoms with E-state index in [4.69, 9.17) is 4.52 Å². The zero-order valence-corrected chi connectivity index (χ0v) is 13.8. The molecule has 1 amide bonds. The summed E-state index contributed by atoms with van der Waals surface area (Å²) in [5, 5.41) is 13.8. The fourth-order valence-electron chi connectivity index (χ4n) is 3.56. The Morgan fingerprint density at radius 1 is 1.42 bits per heavy atom. The lowest BCUT2D eigenvalue weighted by Crippen LogP contribution is -2.32. The number of aromatic nitrogens is 2. The number of nitrogens with zero attached hydrogens (tertiary/aromatic N) is 4. The van der Waals surface area contributed by atoms with Crippen LogP contribution in [-0.2, 0) is 6.42 Å². The van der Waals surface area contributed by atoms with Crippen LogP contribution in [0.4, 0.5) is 5.69 Å². The van der Waals surface area contributed by atoms with Gasteiger partial charge in [-0.1, -0.05) is 11.2 Å². The second kappa shape index (κ2) is 5.59. The Kier molecular flexibility index (Phi) is 3.53. The number of amides is 1. The molecule has 1 aromatic heterocycles. The van der Waals surface area contributed by atoms with Crippen LogP contribution in [0.25, 0.3) is 0 Å². The lowest BCUT2D eigenvalue weighted by Gasteiger charge is -2.22. The fourth-order valence-corrected chi connectivity index (χ4v) is 3.56. The Hall–Kier alpha value is -2.41. The summed E-state index contributed by atoms with van der Waals surface area (Å²) in [7, 11) is 2.03. The molecule has 0 saturated carbocycles. The van der Waals surface area contributed by atoms with Crippen molar-refractivity contribution in [1.29, 1.82) is 0 Å². The molecule has 0 spiro atoms. The van der Waals surface area contributed by atoms with Gasteiger partial charge in [-0.15, -0.1) is 0 Å². The van der Waals surface area contributed by atoms with E-state index in [1.54, 1.807) is 11.8 Å². The van der Waals surface area contributed by atoms with E-state index in [1.165, 1.54) is 5.56 Å². The van der Waals surface area contributed by atoms with E-state index >= 15 is 0 Å². The molecule has 1 N–H and O–H groups in total. The number of β-amino-alcohol motifs (C(OH)–C–C–N with tert-alkyl or cyclic N) is 1. The summed E-state index contributed by atoms with van der Waals surface area (Å²) in [5.74, 6) is 0.795. The van der Waals surface area contributed by atoms with E-state index in [0.29, 0.717) is 23.7 Å². The second-order valence-electron chi connectivity index (χ2n) is 6.56. The molecule has 7 nitrogen and oxygen atoms in total. The summed E-state index contributed by atoms with van der Waals surface area (Å²) in [4.78, 5) is 21.0. The predicted octanol–water partition coefficient (Wildman–Crippen LogP) is 1.32. The maximum atomic E-state index is 13.0. The number of aliphatic hydroxyl groups is 1. The van der Waals surface area contributed by atoms with Crippen molar-refractivity contribution >= 4 is 11.6 Å². The van der Waals surface area contributed by atoms with Gasteiger partial charge in [0.25, 0.3) is 5.91 Å².